The highest BCUT2D eigenvalue weighted by Gasteiger charge is 2.48. The molecule has 0 aromatic heterocycles. The Morgan fingerprint density at radius 3 is 2.21 bits per heavy atom. The number of amides is 2. The number of hydrogen-bond acceptors (Lipinski definition) is 3. The highest BCUT2D eigenvalue weighted by atomic mass is 16.2. The van der Waals surface area contributed by atoms with E-state index in [2.05, 4.69) is 0 Å². The number of allylic oxidation sites excluding steroid dienone is 2. The van der Waals surface area contributed by atoms with Crippen molar-refractivity contribution < 1.29 is 9.59 Å². The normalized spacial score (nSPS) is 25.8. The van der Waals surface area contributed by atoms with E-state index in [1.165, 1.54) is 4.90 Å². The Balaban J connectivity index is 2.02. The lowest BCUT2D eigenvalue weighted by Crippen LogP contribution is -2.32. The third-order valence-electron chi connectivity index (χ3n) is 3.96. The number of para-hydroxylation sites is 1. The van der Waals surface area contributed by atoms with Crippen molar-refractivity contribution in [3.05, 3.63) is 42.0 Å². The summed E-state index contributed by atoms with van der Waals surface area (Å²) in [5.41, 5.74) is 7.17. The number of anilines is 1. The van der Waals surface area contributed by atoms with E-state index in [0.29, 0.717) is 25.1 Å². The van der Waals surface area contributed by atoms with Gasteiger partial charge in [-0.3, -0.25) is 9.59 Å². The topological polar surface area (TPSA) is 63.4 Å². The molecule has 1 aliphatic carbocycles. The van der Waals surface area contributed by atoms with Crippen molar-refractivity contribution in [2.24, 2.45) is 17.6 Å². The van der Waals surface area contributed by atoms with Gasteiger partial charge in [0.25, 0.3) is 0 Å². The Labute approximate surface area is 111 Å². The standard InChI is InChI=1S/C15H16N2O2/c16-9-10-5-1-4-8-13(10)17-14(18)11-6-2-3-7-12(11)15(17)19/h1-5,8,11-12H,6-7,9,16H2. The van der Waals surface area contributed by atoms with Gasteiger partial charge in [0.1, 0.15) is 0 Å². The molecule has 2 unspecified atom stereocenters. The van der Waals surface area contributed by atoms with E-state index >= 15 is 0 Å². The molecular formula is C15H16N2O2. The van der Waals surface area contributed by atoms with Gasteiger partial charge in [0.2, 0.25) is 11.8 Å². The van der Waals surface area contributed by atoms with E-state index in [4.69, 9.17) is 5.73 Å². The minimum atomic E-state index is -0.191. The first-order valence-corrected chi connectivity index (χ1v) is 6.55. The van der Waals surface area contributed by atoms with Gasteiger partial charge in [-0.1, -0.05) is 30.4 Å². The molecule has 1 aliphatic heterocycles. The summed E-state index contributed by atoms with van der Waals surface area (Å²) in [5, 5.41) is 0. The van der Waals surface area contributed by atoms with Gasteiger partial charge in [0.05, 0.1) is 17.5 Å². The van der Waals surface area contributed by atoms with Crippen LogP contribution >= 0.6 is 0 Å². The number of benzene rings is 1. The van der Waals surface area contributed by atoms with Crippen molar-refractivity contribution in [2.45, 2.75) is 19.4 Å². The monoisotopic (exact) mass is 256 g/mol. The van der Waals surface area contributed by atoms with Crippen LogP contribution < -0.4 is 10.6 Å². The highest BCUT2D eigenvalue weighted by Crippen LogP contribution is 2.38. The first kappa shape index (κ1) is 12.1. The summed E-state index contributed by atoms with van der Waals surface area (Å²) < 4.78 is 0. The number of nitrogens with zero attached hydrogens (tertiary/aromatic N) is 1. The van der Waals surface area contributed by atoms with Crippen molar-refractivity contribution in [3.8, 4) is 0 Å². The molecule has 2 amide bonds. The molecule has 2 N–H and O–H groups in total. The Bertz CT molecular complexity index is 539. The number of hydrogen-bond donors (Lipinski definition) is 1. The van der Waals surface area contributed by atoms with Crippen molar-refractivity contribution in [3.63, 3.8) is 0 Å². The second-order valence-corrected chi connectivity index (χ2v) is 5.00. The lowest BCUT2D eigenvalue weighted by Gasteiger charge is -2.18. The molecule has 1 saturated heterocycles. The predicted octanol–water partition coefficient (Wildman–Crippen LogP) is 1.60. The first-order valence-electron chi connectivity index (χ1n) is 6.55. The molecule has 4 nitrogen and oxygen atoms in total. The molecule has 1 fully saturated rings. The smallest absolute Gasteiger partial charge is 0.238 e. The quantitative estimate of drug-likeness (QED) is 0.645. The van der Waals surface area contributed by atoms with Crippen LogP contribution in [0.4, 0.5) is 5.69 Å². The van der Waals surface area contributed by atoms with Crippen LogP contribution in [0.2, 0.25) is 0 Å². The van der Waals surface area contributed by atoms with Crippen LogP contribution in [0, 0.1) is 11.8 Å². The van der Waals surface area contributed by atoms with Crippen molar-refractivity contribution in [1.82, 2.24) is 0 Å². The maximum atomic E-state index is 12.4. The molecular weight excluding hydrogens is 240 g/mol. The van der Waals surface area contributed by atoms with Crippen LogP contribution in [0.3, 0.4) is 0 Å². The van der Waals surface area contributed by atoms with Gasteiger partial charge in [-0.05, 0) is 24.5 Å². The lowest BCUT2D eigenvalue weighted by molar-refractivity contribution is -0.122. The maximum absolute atomic E-state index is 12.4. The number of rotatable bonds is 2. The summed E-state index contributed by atoms with van der Waals surface area (Å²) in [6.45, 7) is 0.320. The zero-order chi connectivity index (χ0) is 13.4. The van der Waals surface area contributed by atoms with Gasteiger partial charge in [-0.2, -0.15) is 0 Å². The molecule has 1 heterocycles. The van der Waals surface area contributed by atoms with Gasteiger partial charge < -0.3 is 5.73 Å². The van der Waals surface area contributed by atoms with Crippen LogP contribution in [0.5, 0.6) is 0 Å². The summed E-state index contributed by atoms with van der Waals surface area (Å²) in [4.78, 5) is 26.2. The average Bonchev–Trinajstić information content (AvgIpc) is 2.71. The predicted molar refractivity (Wildman–Crippen MR) is 72.2 cm³/mol. The number of fused-ring (bicyclic) bond motifs is 1. The molecule has 19 heavy (non-hydrogen) atoms. The number of carbonyl (C=O) groups excluding carboxylic acids is 2. The van der Waals surface area contributed by atoms with E-state index in [1.807, 2.05) is 30.4 Å². The summed E-state index contributed by atoms with van der Waals surface area (Å²) in [7, 11) is 0. The maximum Gasteiger partial charge on any atom is 0.238 e. The molecule has 0 radical (unpaired) electrons. The lowest BCUT2D eigenvalue weighted by atomic mass is 9.85. The number of carbonyl (C=O) groups is 2. The Kier molecular flexibility index (Phi) is 2.95. The number of imide groups is 1. The van der Waals surface area contributed by atoms with Crippen LogP contribution in [0.25, 0.3) is 0 Å². The highest BCUT2D eigenvalue weighted by molar-refractivity contribution is 6.22. The van der Waals surface area contributed by atoms with Crippen molar-refractivity contribution in [2.75, 3.05) is 4.90 Å². The van der Waals surface area contributed by atoms with E-state index in [1.54, 1.807) is 6.07 Å². The zero-order valence-electron chi connectivity index (χ0n) is 10.6. The molecule has 1 aromatic rings. The van der Waals surface area contributed by atoms with E-state index in [-0.39, 0.29) is 23.7 Å². The van der Waals surface area contributed by atoms with Crippen LogP contribution in [0.1, 0.15) is 18.4 Å². The molecule has 4 heteroatoms. The van der Waals surface area contributed by atoms with Gasteiger partial charge in [-0.15, -0.1) is 0 Å². The summed E-state index contributed by atoms with van der Waals surface area (Å²) >= 11 is 0. The molecule has 0 bridgehead atoms. The van der Waals surface area contributed by atoms with E-state index in [0.717, 1.165) is 5.56 Å². The van der Waals surface area contributed by atoms with Crippen LogP contribution in [0.15, 0.2) is 36.4 Å². The third-order valence-corrected chi connectivity index (χ3v) is 3.96. The molecule has 0 spiro atoms. The van der Waals surface area contributed by atoms with Gasteiger partial charge in [-0.25, -0.2) is 4.90 Å². The van der Waals surface area contributed by atoms with Gasteiger partial charge in [0.15, 0.2) is 0 Å². The Morgan fingerprint density at radius 2 is 1.63 bits per heavy atom. The fourth-order valence-corrected chi connectivity index (χ4v) is 2.94. The second-order valence-electron chi connectivity index (χ2n) is 5.00. The average molecular weight is 256 g/mol. The van der Waals surface area contributed by atoms with Gasteiger partial charge in [0, 0.05) is 6.54 Å². The fourth-order valence-electron chi connectivity index (χ4n) is 2.94. The van der Waals surface area contributed by atoms with Gasteiger partial charge >= 0.3 is 0 Å². The Morgan fingerprint density at radius 1 is 1.05 bits per heavy atom. The van der Waals surface area contributed by atoms with Crippen LogP contribution in [-0.2, 0) is 16.1 Å². The SMILES string of the molecule is NCc1ccccc1N1C(=O)C2CC=CCC2C1=O. The van der Waals surface area contributed by atoms with Crippen LogP contribution in [-0.4, -0.2) is 11.8 Å². The molecule has 3 rings (SSSR count). The van der Waals surface area contributed by atoms with E-state index < -0.39 is 0 Å². The molecule has 2 atom stereocenters. The van der Waals surface area contributed by atoms with Crippen molar-refractivity contribution >= 4 is 17.5 Å². The Hall–Kier alpha value is -1.94. The summed E-state index contributed by atoms with van der Waals surface area (Å²) in [6.07, 6.45) is 5.31. The minimum absolute atomic E-state index is 0.0831. The molecule has 2 aliphatic rings. The van der Waals surface area contributed by atoms with E-state index in [9.17, 15) is 9.59 Å². The van der Waals surface area contributed by atoms with Crippen molar-refractivity contribution in [1.29, 1.82) is 0 Å². The minimum Gasteiger partial charge on any atom is -0.326 e. The molecule has 0 saturated carbocycles. The number of nitrogens with two attached hydrogens (primary N) is 1. The zero-order valence-corrected chi connectivity index (χ0v) is 10.6. The first-order chi connectivity index (χ1) is 9.24. The summed E-state index contributed by atoms with van der Waals surface area (Å²) in [5.74, 6) is -0.549. The second kappa shape index (κ2) is 4.63. The third kappa shape index (κ3) is 1.79. The summed E-state index contributed by atoms with van der Waals surface area (Å²) in [6, 6.07) is 7.35. The fraction of sp³-hybridized carbons (Fsp3) is 0.333. The molecule has 98 valence electrons. The molecule has 1 aromatic carbocycles. The largest absolute Gasteiger partial charge is 0.326 e.